The minimum atomic E-state index is -0.373. The average Bonchev–Trinajstić information content (AvgIpc) is 2.64. The molecule has 0 amide bonds. The molecule has 0 unspecified atom stereocenters. The number of nitro benzene ring substituents is 1. The molecule has 3 aromatic rings. The molecule has 6 heteroatoms. The molecule has 0 aliphatic heterocycles. The molecule has 0 aliphatic rings. The Labute approximate surface area is 120 Å². The number of hydrogen-bond donors (Lipinski definition) is 0. The third-order valence-corrected chi connectivity index (χ3v) is 2.97. The van der Waals surface area contributed by atoms with Crippen LogP contribution >= 0.6 is 0 Å². The van der Waals surface area contributed by atoms with Gasteiger partial charge in [0.05, 0.1) is 24.2 Å². The molecule has 92 valence electrons. The highest BCUT2D eigenvalue weighted by Gasteiger charge is 2.18. The molecule has 0 bridgehead atoms. The molecule has 1 aromatic carbocycles. The van der Waals surface area contributed by atoms with E-state index in [0.717, 1.165) is 16.7 Å². The van der Waals surface area contributed by atoms with Gasteiger partial charge in [-0.1, -0.05) is 6.07 Å². The lowest BCUT2D eigenvalue weighted by Gasteiger charge is -1.89. The summed E-state index contributed by atoms with van der Waals surface area (Å²) >= 11 is 0. The van der Waals surface area contributed by atoms with E-state index in [1.807, 2.05) is 40.4 Å². The zero-order valence-corrected chi connectivity index (χ0v) is 11.7. The first kappa shape index (κ1) is 12.7. The second-order valence-electron chi connectivity index (χ2n) is 3.92. The fourth-order valence-electron chi connectivity index (χ4n) is 2.14. The molecule has 3 rings (SSSR count). The molecule has 2 heterocycles. The van der Waals surface area contributed by atoms with Gasteiger partial charge in [-0.25, -0.2) is 4.57 Å². The maximum absolute atomic E-state index is 10.8. The zero-order valence-electron chi connectivity index (χ0n) is 9.58. The summed E-state index contributed by atoms with van der Waals surface area (Å²) in [6.45, 7) is 0. The van der Waals surface area contributed by atoms with Gasteiger partial charge in [-0.15, -0.1) is 0 Å². The molecule has 5 nitrogen and oxygen atoms in total. The van der Waals surface area contributed by atoms with Crippen LogP contribution in [0.1, 0.15) is 0 Å². The summed E-state index contributed by atoms with van der Waals surface area (Å²) in [6, 6.07) is 10.7. The van der Waals surface area contributed by atoms with E-state index >= 15 is 0 Å². The molecule has 0 atom stereocenters. The van der Waals surface area contributed by atoms with Gasteiger partial charge in [0.15, 0.2) is 11.0 Å². The Balaban J connectivity index is 0.00000120. The highest BCUT2D eigenvalue weighted by atomic mass is 127. The summed E-state index contributed by atoms with van der Waals surface area (Å²) in [7, 11) is 1.95. The first-order valence-electron chi connectivity index (χ1n) is 5.22. The van der Waals surface area contributed by atoms with Crippen molar-refractivity contribution in [3.05, 3.63) is 52.7 Å². The van der Waals surface area contributed by atoms with E-state index < -0.39 is 0 Å². The van der Waals surface area contributed by atoms with Gasteiger partial charge in [0.25, 0.3) is 11.3 Å². The Morgan fingerprint density at radius 2 is 2.06 bits per heavy atom. The van der Waals surface area contributed by atoms with Crippen molar-refractivity contribution < 1.29 is 33.5 Å². The minimum Gasteiger partial charge on any atom is -1.00 e. The number of non-ortho nitro benzene ring substituents is 1. The van der Waals surface area contributed by atoms with Gasteiger partial charge < -0.3 is 24.0 Å². The van der Waals surface area contributed by atoms with Crippen molar-refractivity contribution in [3.8, 4) is 0 Å². The van der Waals surface area contributed by atoms with Crippen LogP contribution in [0.15, 0.2) is 42.6 Å². The van der Waals surface area contributed by atoms with Crippen molar-refractivity contribution >= 4 is 22.4 Å². The van der Waals surface area contributed by atoms with Crippen molar-refractivity contribution in [2.45, 2.75) is 0 Å². The van der Waals surface area contributed by atoms with Gasteiger partial charge in [0.2, 0.25) is 0 Å². The number of fused-ring (bicyclic) bond motifs is 3. The number of pyridine rings is 1. The summed E-state index contributed by atoms with van der Waals surface area (Å²) in [5, 5.41) is 10.8. The van der Waals surface area contributed by atoms with Gasteiger partial charge in [0.1, 0.15) is 0 Å². The van der Waals surface area contributed by atoms with Crippen LogP contribution < -0.4 is 28.5 Å². The summed E-state index contributed by atoms with van der Waals surface area (Å²) < 4.78 is 3.96. The van der Waals surface area contributed by atoms with E-state index in [9.17, 15) is 10.1 Å². The van der Waals surface area contributed by atoms with E-state index in [0.29, 0.717) is 0 Å². The highest BCUT2D eigenvalue weighted by Crippen LogP contribution is 2.20. The number of hydrogen-bond acceptors (Lipinski definition) is 2. The van der Waals surface area contributed by atoms with Crippen molar-refractivity contribution in [1.29, 1.82) is 0 Å². The van der Waals surface area contributed by atoms with Gasteiger partial charge in [0, 0.05) is 12.1 Å². The van der Waals surface area contributed by atoms with Crippen LogP contribution in [0.2, 0.25) is 0 Å². The number of benzene rings is 1. The first-order valence-corrected chi connectivity index (χ1v) is 5.22. The van der Waals surface area contributed by atoms with Crippen LogP contribution in [0.3, 0.4) is 0 Å². The van der Waals surface area contributed by atoms with Gasteiger partial charge in [-0.05, 0) is 12.1 Å². The van der Waals surface area contributed by atoms with Crippen LogP contribution in [-0.4, -0.2) is 9.32 Å². The number of imidazole rings is 1. The lowest BCUT2D eigenvalue weighted by atomic mass is 10.3. The summed E-state index contributed by atoms with van der Waals surface area (Å²) in [4.78, 5) is 10.4. The molecular formula is C12H10IN3O2. The van der Waals surface area contributed by atoms with E-state index in [1.165, 1.54) is 6.07 Å². The van der Waals surface area contributed by atoms with Crippen molar-refractivity contribution in [2.75, 3.05) is 0 Å². The average molecular weight is 355 g/mol. The normalized spacial score (nSPS) is 10.5. The molecule has 0 aliphatic carbocycles. The van der Waals surface area contributed by atoms with Crippen molar-refractivity contribution in [1.82, 2.24) is 4.40 Å². The first-order chi connectivity index (χ1) is 8.18. The van der Waals surface area contributed by atoms with Gasteiger partial charge in [-0.2, -0.15) is 4.40 Å². The van der Waals surface area contributed by atoms with Crippen LogP contribution in [-0.2, 0) is 7.05 Å². The number of halogens is 1. The Morgan fingerprint density at radius 3 is 2.78 bits per heavy atom. The van der Waals surface area contributed by atoms with Gasteiger partial charge in [-0.3, -0.25) is 10.1 Å². The lowest BCUT2D eigenvalue weighted by molar-refractivity contribution is -0.618. The fraction of sp³-hybridized carbons (Fsp3) is 0.0833. The molecule has 2 aromatic heterocycles. The third kappa shape index (κ3) is 1.72. The Bertz CT molecular complexity index is 751. The number of aromatic nitrogens is 2. The topological polar surface area (TPSA) is 51.4 Å². The van der Waals surface area contributed by atoms with Crippen molar-refractivity contribution in [3.63, 3.8) is 0 Å². The number of aryl methyl sites for hydroxylation is 1. The number of rotatable bonds is 1. The zero-order chi connectivity index (χ0) is 12.0. The maximum Gasteiger partial charge on any atom is 0.286 e. The number of nitro groups is 1. The van der Waals surface area contributed by atoms with Crippen LogP contribution in [0.25, 0.3) is 16.7 Å². The summed E-state index contributed by atoms with van der Waals surface area (Å²) in [5.41, 5.74) is 2.93. The smallest absolute Gasteiger partial charge is 0.286 e. The molecule has 0 saturated heterocycles. The highest BCUT2D eigenvalue weighted by molar-refractivity contribution is 5.78. The Kier molecular flexibility index (Phi) is 3.20. The number of nitrogens with zero attached hydrogens (tertiary/aromatic N) is 3. The quantitative estimate of drug-likeness (QED) is 0.239. The minimum absolute atomic E-state index is 0. The van der Waals surface area contributed by atoms with E-state index in [2.05, 4.69) is 0 Å². The van der Waals surface area contributed by atoms with Crippen molar-refractivity contribution in [2.24, 2.45) is 7.05 Å². The fourth-order valence-corrected chi connectivity index (χ4v) is 2.14. The van der Waals surface area contributed by atoms with Crippen LogP contribution in [0.5, 0.6) is 0 Å². The standard InChI is InChI=1S/C12H10N3O2.HI/c1-13-10-6-5-9(15(16)17)8-11(10)14-7-3-2-4-12(13)14;/h2-8H,1H3;1H/q+1;/p-1. The Hall–Kier alpha value is -1.70. The SMILES string of the molecule is C[n+]1c2ccc([N+](=O)[O-])cc2n2ccccc21.[I-]. The van der Waals surface area contributed by atoms with Gasteiger partial charge >= 0.3 is 0 Å². The second kappa shape index (κ2) is 4.52. The molecule has 0 N–H and O–H groups in total. The predicted molar refractivity (Wildman–Crippen MR) is 62.7 cm³/mol. The third-order valence-electron chi connectivity index (χ3n) is 2.97. The molecule has 0 radical (unpaired) electrons. The molecule has 0 fully saturated rings. The molecule has 18 heavy (non-hydrogen) atoms. The lowest BCUT2D eigenvalue weighted by Crippen LogP contribution is -3.00. The molecule has 0 saturated carbocycles. The monoisotopic (exact) mass is 355 g/mol. The van der Waals surface area contributed by atoms with E-state index in [4.69, 9.17) is 0 Å². The predicted octanol–water partition coefficient (Wildman–Crippen LogP) is -1.17. The van der Waals surface area contributed by atoms with Crippen LogP contribution in [0.4, 0.5) is 5.69 Å². The second-order valence-corrected chi connectivity index (χ2v) is 3.92. The Morgan fingerprint density at radius 1 is 1.28 bits per heavy atom. The summed E-state index contributed by atoms with van der Waals surface area (Å²) in [5.74, 6) is 0. The molecular weight excluding hydrogens is 345 g/mol. The van der Waals surface area contributed by atoms with E-state index in [1.54, 1.807) is 12.1 Å². The van der Waals surface area contributed by atoms with Crippen LogP contribution in [0, 0.1) is 10.1 Å². The molecule has 0 spiro atoms. The largest absolute Gasteiger partial charge is 1.00 e. The van der Waals surface area contributed by atoms with E-state index in [-0.39, 0.29) is 34.6 Å². The summed E-state index contributed by atoms with van der Waals surface area (Å²) in [6.07, 6.45) is 1.90. The maximum atomic E-state index is 10.8.